The van der Waals surface area contributed by atoms with E-state index in [9.17, 15) is 18.4 Å². The molecule has 1 aromatic rings. The molecule has 90 valence electrons. The molecule has 0 spiro atoms. The molecule has 0 aliphatic heterocycles. The topological polar surface area (TPSA) is 63.6 Å². The number of rotatable bonds is 3. The van der Waals surface area contributed by atoms with Gasteiger partial charge in [0.1, 0.15) is 11.6 Å². The maximum absolute atomic E-state index is 13.2. The summed E-state index contributed by atoms with van der Waals surface area (Å²) in [6, 6.07) is 1.24. The van der Waals surface area contributed by atoms with Crippen LogP contribution in [0, 0.1) is 11.6 Å². The zero-order valence-corrected chi connectivity index (χ0v) is 8.74. The third kappa shape index (κ3) is 3.10. The van der Waals surface area contributed by atoms with Gasteiger partial charge in [-0.25, -0.2) is 18.4 Å². The van der Waals surface area contributed by atoms with Crippen LogP contribution in [0.1, 0.15) is 15.9 Å². The van der Waals surface area contributed by atoms with Crippen LogP contribution in [-0.4, -0.2) is 24.2 Å². The van der Waals surface area contributed by atoms with Crippen molar-refractivity contribution in [2.45, 2.75) is 0 Å². The third-order valence-electron chi connectivity index (χ3n) is 1.92. The molecule has 0 aliphatic rings. The minimum absolute atomic E-state index is 0.214. The molecule has 0 saturated carbocycles. The Labute approximate surface area is 95.1 Å². The van der Waals surface area contributed by atoms with Crippen molar-refractivity contribution in [3.05, 3.63) is 41.0 Å². The second kappa shape index (κ2) is 5.20. The molecule has 0 amide bonds. The van der Waals surface area contributed by atoms with Crippen LogP contribution in [-0.2, 0) is 9.53 Å². The van der Waals surface area contributed by atoms with Crippen LogP contribution in [0.3, 0.4) is 0 Å². The van der Waals surface area contributed by atoms with Crippen LogP contribution in [0.5, 0.6) is 0 Å². The van der Waals surface area contributed by atoms with E-state index in [-0.39, 0.29) is 5.56 Å². The lowest BCUT2D eigenvalue weighted by atomic mass is 10.1. The largest absolute Gasteiger partial charge is 0.478 e. The Hall–Kier alpha value is -2.24. The van der Waals surface area contributed by atoms with Gasteiger partial charge in [0, 0.05) is 17.7 Å². The van der Waals surface area contributed by atoms with Crippen LogP contribution < -0.4 is 0 Å². The molecule has 1 rings (SSSR count). The highest BCUT2D eigenvalue weighted by atomic mass is 19.1. The fourth-order valence-corrected chi connectivity index (χ4v) is 1.08. The van der Waals surface area contributed by atoms with Crippen LogP contribution in [0.2, 0.25) is 0 Å². The predicted molar refractivity (Wildman–Crippen MR) is 54.4 cm³/mol. The monoisotopic (exact) mass is 242 g/mol. The normalized spacial score (nSPS) is 10.5. The summed E-state index contributed by atoms with van der Waals surface area (Å²) in [5, 5.41) is 8.63. The van der Waals surface area contributed by atoms with Gasteiger partial charge in [0.2, 0.25) is 0 Å². The standard InChI is InChI=1S/C11H8F2O4/c1-17-10(14)3-2-6-4-7(11(15)16)9(13)5-8(6)12/h2-5H,1H3,(H,15,16). The Morgan fingerprint density at radius 3 is 2.47 bits per heavy atom. The van der Waals surface area contributed by atoms with E-state index in [0.29, 0.717) is 6.07 Å². The highest BCUT2D eigenvalue weighted by Gasteiger charge is 2.13. The minimum atomic E-state index is -1.52. The van der Waals surface area contributed by atoms with Gasteiger partial charge < -0.3 is 9.84 Å². The molecular weight excluding hydrogens is 234 g/mol. The first kappa shape index (κ1) is 12.8. The predicted octanol–water partition coefficient (Wildman–Crippen LogP) is 1.85. The van der Waals surface area contributed by atoms with Gasteiger partial charge in [-0.2, -0.15) is 0 Å². The summed E-state index contributed by atoms with van der Waals surface area (Å²) in [5.41, 5.74) is -0.884. The number of carbonyl (C=O) groups excluding carboxylic acids is 1. The maximum atomic E-state index is 13.2. The molecule has 0 radical (unpaired) electrons. The molecule has 4 nitrogen and oxygen atoms in total. The van der Waals surface area contributed by atoms with E-state index in [2.05, 4.69) is 4.74 Å². The van der Waals surface area contributed by atoms with Crippen molar-refractivity contribution in [2.75, 3.05) is 7.11 Å². The Balaban J connectivity index is 3.16. The smallest absolute Gasteiger partial charge is 0.338 e. The summed E-state index contributed by atoms with van der Waals surface area (Å²) >= 11 is 0. The minimum Gasteiger partial charge on any atom is -0.478 e. The second-order valence-corrected chi connectivity index (χ2v) is 3.02. The van der Waals surface area contributed by atoms with Crippen LogP contribution in [0.4, 0.5) is 8.78 Å². The van der Waals surface area contributed by atoms with Gasteiger partial charge in [0.05, 0.1) is 12.7 Å². The summed E-state index contributed by atoms with van der Waals surface area (Å²) in [6.07, 6.45) is 1.91. The summed E-state index contributed by atoms with van der Waals surface area (Å²) in [4.78, 5) is 21.4. The van der Waals surface area contributed by atoms with Gasteiger partial charge in [-0.15, -0.1) is 0 Å². The number of halogens is 2. The van der Waals surface area contributed by atoms with Crippen LogP contribution >= 0.6 is 0 Å². The van der Waals surface area contributed by atoms with Crippen molar-refractivity contribution in [1.29, 1.82) is 0 Å². The average Bonchev–Trinajstić information content (AvgIpc) is 2.26. The lowest BCUT2D eigenvalue weighted by Gasteiger charge is -2.01. The van der Waals surface area contributed by atoms with E-state index < -0.39 is 29.1 Å². The van der Waals surface area contributed by atoms with Gasteiger partial charge in [-0.1, -0.05) is 0 Å². The van der Waals surface area contributed by atoms with E-state index >= 15 is 0 Å². The quantitative estimate of drug-likeness (QED) is 0.649. The Morgan fingerprint density at radius 2 is 1.94 bits per heavy atom. The molecule has 0 aliphatic carbocycles. The summed E-state index contributed by atoms with van der Waals surface area (Å²) in [5.74, 6) is -4.39. The van der Waals surface area contributed by atoms with Crippen molar-refractivity contribution in [1.82, 2.24) is 0 Å². The molecule has 1 aromatic carbocycles. The van der Waals surface area contributed by atoms with Gasteiger partial charge >= 0.3 is 11.9 Å². The van der Waals surface area contributed by atoms with Gasteiger partial charge in [0.25, 0.3) is 0 Å². The molecule has 17 heavy (non-hydrogen) atoms. The molecule has 0 aromatic heterocycles. The van der Waals surface area contributed by atoms with Gasteiger partial charge in [-0.3, -0.25) is 0 Å². The van der Waals surface area contributed by atoms with Gasteiger partial charge in [-0.05, 0) is 12.1 Å². The zero-order chi connectivity index (χ0) is 13.0. The number of carboxylic acid groups (broad SMARTS) is 1. The summed E-state index contributed by atoms with van der Waals surface area (Å²) in [7, 11) is 1.14. The molecular formula is C11H8F2O4. The average molecular weight is 242 g/mol. The molecule has 0 bridgehead atoms. The summed E-state index contributed by atoms with van der Waals surface area (Å²) in [6.45, 7) is 0. The van der Waals surface area contributed by atoms with E-state index in [1.807, 2.05) is 0 Å². The lowest BCUT2D eigenvalue weighted by Crippen LogP contribution is -2.02. The number of aromatic carboxylic acids is 1. The molecule has 0 fully saturated rings. The Bertz CT molecular complexity index is 494. The number of benzene rings is 1. The number of esters is 1. The number of ether oxygens (including phenoxy) is 1. The van der Waals surface area contributed by atoms with E-state index in [1.165, 1.54) is 0 Å². The lowest BCUT2D eigenvalue weighted by molar-refractivity contribution is -0.134. The first-order valence-corrected chi connectivity index (χ1v) is 4.44. The van der Waals surface area contributed by atoms with Crippen molar-refractivity contribution in [3.8, 4) is 0 Å². The van der Waals surface area contributed by atoms with E-state index in [1.54, 1.807) is 0 Å². The van der Waals surface area contributed by atoms with E-state index in [0.717, 1.165) is 25.3 Å². The number of carbonyl (C=O) groups is 2. The highest BCUT2D eigenvalue weighted by Crippen LogP contribution is 2.16. The highest BCUT2D eigenvalue weighted by molar-refractivity contribution is 5.90. The fraction of sp³-hybridized carbons (Fsp3) is 0.0909. The van der Waals surface area contributed by atoms with E-state index in [4.69, 9.17) is 5.11 Å². The zero-order valence-electron chi connectivity index (χ0n) is 8.74. The SMILES string of the molecule is COC(=O)C=Cc1cc(C(=O)O)c(F)cc1F. The fourth-order valence-electron chi connectivity index (χ4n) is 1.08. The number of carboxylic acids is 1. The number of hydrogen-bond donors (Lipinski definition) is 1. The number of methoxy groups -OCH3 is 1. The first-order chi connectivity index (χ1) is 7.95. The maximum Gasteiger partial charge on any atom is 0.338 e. The summed E-state index contributed by atoms with van der Waals surface area (Å²) < 4.78 is 30.5. The van der Waals surface area contributed by atoms with Crippen molar-refractivity contribution >= 4 is 18.0 Å². The molecule has 0 heterocycles. The third-order valence-corrected chi connectivity index (χ3v) is 1.92. The Kier molecular flexibility index (Phi) is 3.92. The van der Waals surface area contributed by atoms with Crippen LogP contribution in [0.15, 0.2) is 18.2 Å². The van der Waals surface area contributed by atoms with Crippen LogP contribution in [0.25, 0.3) is 6.08 Å². The first-order valence-electron chi connectivity index (χ1n) is 4.44. The van der Waals surface area contributed by atoms with Crippen molar-refractivity contribution in [3.63, 3.8) is 0 Å². The molecule has 6 heteroatoms. The molecule has 0 atom stereocenters. The van der Waals surface area contributed by atoms with Gasteiger partial charge in [0.15, 0.2) is 0 Å². The second-order valence-electron chi connectivity index (χ2n) is 3.02. The number of hydrogen-bond acceptors (Lipinski definition) is 3. The van der Waals surface area contributed by atoms with Crippen molar-refractivity contribution < 1.29 is 28.2 Å². The molecule has 1 N–H and O–H groups in total. The van der Waals surface area contributed by atoms with Crippen molar-refractivity contribution in [2.24, 2.45) is 0 Å². The Morgan fingerprint density at radius 1 is 1.29 bits per heavy atom. The molecule has 0 saturated heterocycles. The molecule has 0 unspecified atom stereocenters.